The van der Waals surface area contributed by atoms with Gasteiger partial charge in [-0.05, 0) is 54.0 Å². The minimum absolute atomic E-state index is 0.00277. The molecule has 176 valence electrons. The number of aromatic nitrogens is 2. The summed E-state index contributed by atoms with van der Waals surface area (Å²) in [6.45, 7) is 3.80. The van der Waals surface area contributed by atoms with E-state index < -0.39 is 11.8 Å². The van der Waals surface area contributed by atoms with Crippen LogP contribution in [-0.4, -0.2) is 33.0 Å². The number of carbonyl (C=O) groups is 2. The third-order valence-corrected chi connectivity index (χ3v) is 6.36. The van der Waals surface area contributed by atoms with E-state index in [4.69, 9.17) is 5.10 Å². The maximum absolute atomic E-state index is 13.4. The quantitative estimate of drug-likeness (QED) is 0.276. The first-order chi connectivity index (χ1) is 17.5. The Morgan fingerprint density at radius 3 is 2.39 bits per heavy atom. The Hall–Kier alpha value is -4.76. The lowest BCUT2D eigenvalue weighted by molar-refractivity contribution is -0.140. The van der Waals surface area contributed by atoms with Gasteiger partial charge in [-0.15, -0.1) is 0 Å². The van der Waals surface area contributed by atoms with Crippen molar-refractivity contribution in [3.8, 4) is 23.0 Å². The lowest BCUT2D eigenvalue weighted by Crippen LogP contribution is -2.43. The third-order valence-electron chi connectivity index (χ3n) is 6.36. The van der Waals surface area contributed by atoms with Gasteiger partial charge in [-0.2, -0.15) is 10.4 Å². The zero-order valence-corrected chi connectivity index (χ0v) is 20.1. The molecule has 2 heterocycles. The van der Waals surface area contributed by atoms with Gasteiger partial charge in [-0.25, -0.2) is 4.68 Å². The molecule has 0 bridgehead atoms. The van der Waals surface area contributed by atoms with Gasteiger partial charge in [-0.3, -0.25) is 14.5 Å². The maximum Gasteiger partial charge on any atom is 0.271 e. The van der Waals surface area contributed by atoms with Crippen LogP contribution in [0, 0.1) is 11.3 Å². The fraction of sp³-hybridized carbons (Fsp3) is 0.133. The zero-order valence-electron chi connectivity index (χ0n) is 20.1. The van der Waals surface area contributed by atoms with Gasteiger partial charge in [0.1, 0.15) is 11.6 Å². The number of amides is 2. The summed E-state index contributed by atoms with van der Waals surface area (Å²) in [6.07, 6.45) is 4.23. The van der Waals surface area contributed by atoms with Crippen molar-refractivity contribution in [1.29, 1.82) is 5.26 Å². The van der Waals surface area contributed by atoms with Crippen LogP contribution in [0.3, 0.4) is 0 Å². The summed E-state index contributed by atoms with van der Waals surface area (Å²) in [5.74, 6) is -0.927. The molecule has 36 heavy (non-hydrogen) atoms. The highest BCUT2D eigenvalue weighted by Crippen LogP contribution is 2.32. The number of para-hydroxylation sites is 1. The van der Waals surface area contributed by atoms with Crippen LogP contribution in [0.15, 0.2) is 95.7 Å². The van der Waals surface area contributed by atoms with E-state index in [-0.39, 0.29) is 12.1 Å². The molecule has 1 aliphatic heterocycles. The predicted octanol–water partition coefficient (Wildman–Crippen LogP) is 5.69. The summed E-state index contributed by atoms with van der Waals surface area (Å²) in [7, 11) is 0. The Labute approximate surface area is 209 Å². The molecule has 0 N–H and O–H groups in total. The molecule has 0 radical (unpaired) electrons. The number of carbonyl (C=O) groups excluding carboxylic acids is 2. The van der Waals surface area contributed by atoms with Gasteiger partial charge in [0.2, 0.25) is 0 Å². The van der Waals surface area contributed by atoms with Crippen LogP contribution in [0.4, 0.5) is 0 Å². The van der Waals surface area contributed by atoms with Gasteiger partial charge in [0.25, 0.3) is 11.8 Å². The Morgan fingerprint density at radius 1 is 0.944 bits per heavy atom. The van der Waals surface area contributed by atoms with E-state index in [0.29, 0.717) is 23.3 Å². The van der Waals surface area contributed by atoms with Crippen molar-refractivity contribution in [2.24, 2.45) is 0 Å². The molecule has 2 amide bonds. The van der Waals surface area contributed by atoms with Crippen molar-refractivity contribution in [2.45, 2.75) is 20.3 Å². The Kier molecular flexibility index (Phi) is 6.05. The highest BCUT2D eigenvalue weighted by Gasteiger charge is 2.35. The number of imide groups is 1. The molecule has 1 aliphatic rings. The van der Waals surface area contributed by atoms with Crippen LogP contribution in [0.25, 0.3) is 33.8 Å². The molecule has 0 aliphatic carbocycles. The number of hydrogen-bond donors (Lipinski definition) is 0. The van der Waals surface area contributed by atoms with E-state index in [2.05, 4.69) is 24.3 Å². The molecule has 0 fully saturated rings. The summed E-state index contributed by atoms with van der Waals surface area (Å²) in [5.41, 5.74) is 3.92. The highest BCUT2D eigenvalue weighted by molar-refractivity contribution is 6.19. The minimum atomic E-state index is -0.534. The largest absolute Gasteiger partial charge is 0.274 e. The van der Waals surface area contributed by atoms with Gasteiger partial charge in [-0.1, -0.05) is 61.5 Å². The average Bonchev–Trinajstić information content (AvgIpc) is 3.33. The molecule has 0 saturated heterocycles. The predicted molar refractivity (Wildman–Crippen MR) is 140 cm³/mol. The average molecular weight is 473 g/mol. The molecule has 5 rings (SSSR count). The molecule has 0 atom stereocenters. The maximum atomic E-state index is 13.4. The monoisotopic (exact) mass is 472 g/mol. The number of hydrogen-bond acceptors (Lipinski definition) is 4. The first kappa shape index (κ1) is 23.0. The van der Waals surface area contributed by atoms with Gasteiger partial charge < -0.3 is 0 Å². The topological polar surface area (TPSA) is 79.0 Å². The number of fused-ring (bicyclic) bond motifs is 1. The Balaban J connectivity index is 1.72. The van der Waals surface area contributed by atoms with Crippen LogP contribution >= 0.6 is 0 Å². The molecule has 3 aromatic carbocycles. The SMILES string of the molecule is CCCN1C(=O)C(C#N)=C(C)/C(=C\c2cn(-c3ccccc3)nc2-c2ccc3ccccc3c2)C1=O. The van der Waals surface area contributed by atoms with Crippen molar-refractivity contribution in [3.05, 3.63) is 101 Å². The van der Waals surface area contributed by atoms with Gasteiger partial charge in [0, 0.05) is 29.4 Å². The van der Waals surface area contributed by atoms with Crippen LogP contribution in [0.1, 0.15) is 25.8 Å². The molecule has 0 unspecified atom stereocenters. The van der Waals surface area contributed by atoms with E-state index in [1.807, 2.05) is 67.7 Å². The normalized spacial score (nSPS) is 15.1. The summed E-state index contributed by atoms with van der Waals surface area (Å²) >= 11 is 0. The second-order valence-corrected chi connectivity index (χ2v) is 8.71. The summed E-state index contributed by atoms with van der Waals surface area (Å²) < 4.78 is 1.78. The minimum Gasteiger partial charge on any atom is -0.274 e. The molecule has 0 saturated carbocycles. The van der Waals surface area contributed by atoms with Crippen molar-refractivity contribution >= 4 is 28.7 Å². The van der Waals surface area contributed by atoms with Crippen molar-refractivity contribution in [2.75, 3.05) is 6.54 Å². The van der Waals surface area contributed by atoms with E-state index in [9.17, 15) is 14.9 Å². The zero-order chi connectivity index (χ0) is 25.2. The van der Waals surface area contributed by atoms with Crippen LogP contribution in [0.5, 0.6) is 0 Å². The summed E-state index contributed by atoms with van der Waals surface area (Å²) in [4.78, 5) is 27.3. The Morgan fingerprint density at radius 2 is 1.67 bits per heavy atom. The number of rotatable bonds is 5. The fourth-order valence-corrected chi connectivity index (χ4v) is 4.48. The first-order valence-electron chi connectivity index (χ1n) is 11.8. The lowest BCUT2D eigenvalue weighted by atomic mass is 9.93. The van der Waals surface area contributed by atoms with Gasteiger partial charge in [0.15, 0.2) is 0 Å². The Bertz CT molecular complexity index is 1600. The van der Waals surface area contributed by atoms with Crippen molar-refractivity contribution in [3.63, 3.8) is 0 Å². The third kappa shape index (κ3) is 4.01. The fourth-order valence-electron chi connectivity index (χ4n) is 4.48. The summed E-state index contributed by atoms with van der Waals surface area (Å²) in [6, 6.07) is 26.0. The number of nitrogens with zero attached hydrogens (tertiary/aromatic N) is 4. The van der Waals surface area contributed by atoms with Crippen LogP contribution in [-0.2, 0) is 9.59 Å². The van der Waals surface area contributed by atoms with Gasteiger partial charge >= 0.3 is 0 Å². The van der Waals surface area contributed by atoms with E-state index in [0.717, 1.165) is 32.5 Å². The van der Waals surface area contributed by atoms with Crippen molar-refractivity contribution < 1.29 is 9.59 Å². The van der Waals surface area contributed by atoms with E-state index in [1.54, 1.807) is 17.7 Å². The standard InChI is InChI=1S/C30H24N4O2/c1-3-15-33-29(35)26(20(2)27(18-31)30(33)36)17-24-19-34(25-11-5-4-6-12-25)32-28(24)23-14-13-21-9-7-8-10-22(21)16-23/h4-14,16-17,19H,3,15H2,1-2H3/b26-17+. The van der Waals surface area contributed by atoms with E-state index in [1.165, 1.54) is 0 Å². The molecule has 4 aromatic rings. The number of benzene rings is 3. The first-order valence-corrected chi connectivity index (χ1v) is 11.8. The van der Waals surface area contributed by atoms with Crippen LogP contribution < -0.4 is 0 Å². The van der Waals surface area contributed by atoms with E-state index >= 15 is 0 Å². The molecular formula is C30H24N4O2. The smallest absolute Gasteiger partial charge is 0.271 e. The van der Waals surface area contributed by atoms with Crippen molar-refractivity contribution in [1.82, 2.24) is 14.7 Å². The molecule has 0 spiro atoms. The number of nitriles is 1. The lowest BCUT2D eigenvalue weighted by Gasteiger charge is -2.27. The second kappa shape index (κ2) is 9.47. The molecular weight excluding hydrogens is 448 g/mol. The van der Waals surface area contributed by atoms with Crippen LogP contribution in [0.2, 0.25) is 0 Å². The molecule has 6 heteroatoms. The summed E-state index contributed by atoms with van der Waals surface area (Å²) in [5, 5.41) is 16.8. The molecule has 6 nitrogen and oxygen atoms in total. The molecule has 1 aromatic heterocycles. The van der Waals surface area contributed by atoms with Gasteiger partial charge in [0.05, 0.1) is 11.4 Å². The highest BCUT2D eigenvalue weighted by atomic mass is 16.2. The second-order valence-electron chi connectivity index (χ2n) is 8.71.